The van der Waals surface area contributed by atoms with Gasteiger partial charge in [0.1, 0.15) is 5.75 Å². The number of amides is 1. The van der Waals surface area contributed by atoms with Crippen LogP contribution in [0.1, 0.15) is 17.0 Å². The number of ether oxygens (including phenoxy) is 1. The Hall–Kier alpha value is -2.57. The minimum Gasteiger partial charge on any atom is -0.484 e. The lowest BCUT2D eigenvalue weighted by Crippen LogP contribution is -2.24. The van der Waals surface area contributed by atoms with Crippen LogP contribution in [-0.4, -0.2) is 23.3 Å². The molecule has 0 radical (unpaired) electrons. The van der Waals surface area contributed by atoms with E-state index in [-0.39, 0.29) is 12.5 Å². The van der Waals surface area contributed by atoms with E-state index in [0.717, 1.165) is 27.1 Å². The van der Waals surface area contributed by atoms with E-state index in [1.54, 1.807) is 18.3 Å². The van der Waals surface area contributed by atoms with Gasteiger partial charge in [-0.3, -0.25) is 4.79 Å². The summed E-state index contributed by atoms with van der Waals surface area (Å²) >= 11 is 9.46. The summed E-state index contributed by atoms with van der Waals surface area (Å²) in [7, 11) is 0. The van der Waals surface area contributed by atoms with Gasteiger partial charge in [-0.25, -0.2) is 5.43 Å². The van der Waals surface area contributed by atoms with Crippen LogP contribution in [0.4, 0.5) is 0 Å². The van der Waals surface area contributed by atoms with Crippen LogP contribution in [0.25, 0.3) is 5.69 Å². The topological polar surface area (TPSA) is 55.6 Å². The monoisotopic (exact) mass is 459 g/mol. The predicted octanol–water partition coefficient (Wildman–Crippen LogP) is 5.04. The van der Waals surface area contributed by atoms with Crippen LogP contribution in [-0.2, 0) is 4.79 Å². The molecule has 144 valence electrons. The molecule has 1 amide bonds. The number of nitrogens with zero attached hydrogens (tertiary/aromatic N) is 2. The molecule has 5 nitrogen and oxygen atoms in total. The first-order valence-corrected chi connectivity index (χ1v) is 9.76. The Balaban J connectivity index is 1.62. The lowest BCUT2D eigenvalue weighted by Gasteiger charge is -2.09. The number of carbonyl (C=O) groups is 1. The van der Waals surface area contributed by atoms with Crippen molar-refractivity contribution >= 4 is 39.7 Å². The van der Waals surface area contributed by atoms with Crippen LogP contribution in [0.3, 0.4) is 0 Å². The van der Waals surface area contributed by atoms with Gasteiger partial charge >= 0.3 is 0 Å². The molecule has 3 rings (SSSR count). The summed E-state index contributed by atoms with van der Waals surface area (Å²) in [5.74, 6) is 0.287. The fraction of sp³-hybridized carbons (Fsp3) is 0.143. The number of nitrogens with one attached hydrogen (secondary N) is 1. The standard InChI is InChI=1S/C21H19BrClN3O2/c1-14-10-16(15(2)26(14)19-5-3-4-18(23)11-19)12-24-25-21(27)13-28-20-8-6-17(22)7-9-20/h3-12H,13H2,1-2H3,(H,25,27)/b24-12-. The van der Waals surface area contributed by atoms with Gasteiger partial charge in [-0.15, -0.1) is 0 Å². The molecule has 2 aromatic carbocycles. The number of benzene rings is 2. The number of carbonyl (C=O) groups excluding carboxylic acids is 1. The molecule has 0 aliphatic heterocycles. The molecule has 3 aromatic rings. The Morgan fingerprint density at radius 2 is 1.96 bits per heavy atom. The Bertz CT molecular complexity index is 1010. The van der Waals surface area contributed by atoms with E-state index in [1.807, 2.05) is 56.3 Å². The van der Waals surface area contributed by atoms with Crippen molar-refractivity contribution in [2.75, 3.05) is 6.61 Å². The van der Waals surface area contributed by atoms with Gasteiger partial charge < -0.3 is 9.30 Å². The molecule has 0 atom stereocenters. The fourth-order valence-corrected chi connectivity index (χ4v) is 3.27. The third kappa shape index (κ3) is 5.03. The van der Waals surface area contributed by atoms with Gasteiger partial charge in [-0.2, -0.15) is 5.10 Å². The van der Waals surface area contributed by atoms with E-state index in [9.17, 15) is 4.79 Å². The van der Waals surface area contributed by atoms with Crippen LogP contribution in [0, 0.1) is 13.8 Å². The molecule has 0 fully saturated rings. The van der Waals surface area contributed by atoms with Gasteiger partial charge in [0.2, 0.25) is 0 Å². The summed E-state index contributed by atoms with van der Waals surface area (Å²) in [4.78, 5) is 11.9. The summed E-state index contributed by atoms with van der Waals surface area (Å²) in [6.07, 6.45) is 1.63. The normalized spacial score (nSPS) is 11.0. The fourth-order valence-electron chi connectivity index (χ4n) is 2.82. The van der Waals surface area contributed by atoms with Crippen LogP contribution in [0.2, 0.25) is 5.02 Å². The number of rotatable bonds is 6. The molecule has 1 heterocycles. The van der Waals surface area contributed by atoms with Crippen molar-refractivity contribution in [3.8, 4) is 11.4 Å². The smallest absolute Gasteiger partial charge is 0.277 e. The molecule has 0 aliphatic carbocycles. The van der Waals surface area contributed by atoms with Gasteiger partial charge in [0.05, 0.1) is 6.21 Å². The van der Waals surface area contributed by atoms with Crippen molar-refractivity contribution in [3.63, 3.8) is 0 Å². The molecule has 0 spiro atoms. The average molecular weight is 461 g/mol. The highest BCUT2D eigenvalue weighted by molar-refractivity contribution is 9.10. The molecule has 0 saturated carbocycles. The van der Waals surface area contributed by atoms with Gasteiger partial charge in [0.25, 0.3) is 5.91 Å². The predicted molar refractivity (Wildman–Crippen MR) is 116 cm³/mol. The zero-order valence-corrected chi connectivity index (χ0v) is 17.8. The van der Waals surface area contributed by atoms with Crippen molar-refractivity contribution < 1.29 is 9.53 Å². The van der Waals surface area contributed by atoms with Crippen LogP contribution >= 0.6 is 27.5 Å². The number of hydrogen-bond donors (Lipinski definition) is 1. The van der Waals surface area contributed by atoms with E-state index in [4.69, 9.17) is 16.3 Å². The SMILES string of the molecule is Cc1cc(/C=N\NC(=O)COc2ccc(Br)cc2)c(C)n1-c1cccc(Cl)c1. The number of aryl methyl sites for hydroxylation is 1. The maximum atomic E-state index is 11.9. The first-order chi connectivity index (χ1) is 13.4. The highest BCUT2D eigenvalue weighted by atomic mass is 79.9. The zero-order valence-electron chi connectivity index (χ0n) is 15.4. The van der Waals surface area contributed by atoms with E-state index in [2.05, 4.69) is 31.0 Å². The van der Waals surface area contributed by atoms with Crippen molar-refractivity contribution in [1.82, 2.24) is 9.99 Å². The first-order valence-electron chi connectivity index (χ1n) is 8.59. The molecule has 0 aliphatic rings. The van der Waals surface area contributed by atoms with Gasteiger partial charge in [-0.1, -0.05) is 33.6 Å². The Morgan fingerprint density at radius 3 is 2.68 bits per heavy atom. The minimum atomic E-state index is -0.331. The lowest BCUT2D eigenvalue weighted by molar-refractivity contribution is -0.123. The molecule has 0 unspecified atom stereocenters. The van der Waals surface area contributed by atoms with E-state index >= 15 is 0 Å². The third-order valence-corrected chi connectivity index (χ3v) is 4.88. The van der Waals surface area contributed by atoms with Crippen LogP contribution in [0.5, 0.6) is 5.75 Å². The molecule has 28 heavy (non-hydrogen) atoms. The van der Waals surface area contributed by atoms with Crippen molar-refractivity contribution in [2.24, 2.45) is 5.10 Å². The van der Waals surface area contributed by atoms with Crippen LogP contribution < -0.4 is 10.2 Å². The minimum absolute atomic E-state index is 0.111. The van der Waals surface area contributed by atoms with Gasteiger partial charge in [0, 0.05) is 32.1 Å². The van der Waals surface area contributed by atoms with E-state index in [1.165, 1.54) is 0 Å². The average Bonchev–Trinajstić information content (AvgIpc) is 2.95. The lowest BCUT2D eigenvalue weighted by atomic mass is 10.2. The van der Waals surface area contributed by atoms with Crippen molar-refractivity contribution in [3.05, 3.63) is 81.0 Å². The van der Waals surface area contributed by atoms with E-state index in [0.29, 0.717) is 10.8 Å². The quantitative estimate of drug-likeness (QED) is 0.414. The van der Waals surface area contributed by atoms with E-state index < -0.39 is 0 Å². The Labute approximate surface area is 177 Å². The maximum absolute atomic E-state index is 11.9. The summed E-state index contributed by atoms with van der Waals surface area (Å²) < 4.78 is 8.46. The van der Waals surface area contributed by atoms with Gasteiger partial charge in [-0.05, 0) is 62.4 Å². The molecule has 7 heteroatoms. The highest BCUT2D eigenvalue weighted by Crippen LogP contribution is 2.22. The number of halogens is 2. The van der Waals surface area contributed by atoms with Crippen molar-refractivity contribution in [1.29, 1.82) is 0 Å². The van der Waals surface area contributed by atoms with Gasteiger partial charge in [0.15, 0.2) is 6.61 Å². The molecule has 1 aromatic heterocycles. The molecule has 0 saturated heterocycles. The third-order valence-electron chi connectivity index (χ3n) is 4.11. The molecular weight excluding hydrogens is 442 g/mol. The van der Waals surface area contributed by atoms with Crippen molar-refractivity contribution in [2.45, 2.75) is 13.8 Å². The zero-order chi connectivity index (χ0) is 20.1. The Morgan fingerprint density at radius 1 is 1.21 bits per heavy atom. The first kappa shape index (κ1) is 20.2. The Kier molecular flexibility index (Phi) is 6.54. The molecule has 0 bridgehead atoms. The summed E-state index contributed by atoms with van der Waals surface area (Å²) in [5, 5.41) is 4.72. The second-order valence-corrected chi connectivity index (χ2v) is 7.53. The number of aromatic nitrogens is 1. The largest absolute Gasteiger partial charge is 0.484 e. The summed E-state index contributed by atoms with van der Waals surface area (Å²) in [5.41, 5.74) is 6.42. The van der Waals surface area contributed by atoms with Crippen LogP contribution in [0.15, 0.2) is 64.2 Å². The second kappa shape index (κ2) is 9.08. The highest BCUT2D eigenvalue weighted by Gasteiger charge is 2.10. The number of hydrazone groups is 1. The molecular formula is C21H19BrClN3O2. The summed E-state index contributed by atoms with van der Waals surface area (Å²) in [6, 6.07) is 16.9. The maximum Gasteiger partial charge on any atom is 0.277 e. The number of hydrogen-bond acceptors (Lipinski definition) is 3. The molecule has 1 N–H and O–H groups in total. The summed E-state index contributed by atoms with van der Waals surface area (Å²) in [6.45, 7) is 3.89. The second-order valence-electron chi connectivity index (χ2n) is 6.18.